The highest BCUT2D eigenvalue weighted by atomic mass is 16.5. The Labute approximate surface area is 198 Å². The van der Waals surface area contributed by atoms with Gasteiger partial charge >= 0.3 is 5.97 Å². The molecule has 2 saturated heterocycles. The molecule has 2 aliphatic rings. The van der Waals surface area contributed by atoms with Crippen LogP contribution in [0.4, 0.5) is 0 Å². The minimum absolute atomic E-state index is 0.217. The third kappa shape index (κ3) is 3.80. The van der Waals surface area contributed by atoms with Gasteiger partial charge in [0.15, 0.2) is 6.10 Å². The number of benzene rings is 2. The van der Waals surface area contributed by atoms with E-state index in [4.69, 9.17) is 4.74 Å². The van der Waals surface area contributed by atoms with Gasteiger partial charge in [-0.05, 0) is 35.8 Å². The Kier molecular flexibility index (Phi) is 5.75. The molecule has 0 saturated carbocycles. The molecule has 1 N–H and O–H groups in total. The number of esters is 1. The first-order valence-corrected chi connectivity index (χ1v) is 11.4. The van der Waals surface area contributed by atoms with Gasteiger partial charge in [-0.1, -0.05) is 73.7 Å². The summed E-state index contributed by atoms with van der Waals surface area (Å²) in [5.41, 5.74) is 2.17. The molecule has 5 rings (SSSR count). The van der Waals surface area contributed by atoms with Crippen LogP contribution in [0.25, 0.3) is 6.08 Å². The summed E-state index contributed by atoms with van der Waals surface area (Å²) in [5.74, 6) is -0.729. The first kappa shape index (κ1) is 22.0. The zero-order valence-corrected chi connectivity index (χ0v) is 18.9. The largest absolute Gasteiger partial charge is 0.451 e. The Morgan fingerprint density at radius 2 is 1.71 bits per heavy atom. The first-order chi connectivity index (χ1) is 16.5. The summed E-state index contributed by atoms with van der Waals surface area (Å²) in [4.78, 5) is 32.6. The number of carbonyl (C=O) groups excluding carboxylic acids is 2. The number of hydrogen-bond acceptors (Lipinski definition) is 5. The molecule has 2 fully saturated rings. The summed E-state index contributed by atoms with van der Waals surface area (Å²) in [6, 6.07) is 23.5. The molecular formula is C28H26N2O4. The van der Waals surface area contributed by atoms with Crippen molar-refractivity contribution in [2.45, 2.75) is 31.5 Å². The van der Waals surface area contributed by atoms with E-state index in [1.807, 2.05) is 85.8 Å². The fraction of sp³-hybridized carbons (Fsp3) is 0.250. The molecule has 0 radical (unpaired) electrons. The average Bonchev–Trinajstić information content (AvgIpc) is 3.17. The number of rotatable bonds is 6. The molecule has 3 aromatic rings. The van der Waals surface area contributed by atoms with Crippen molar-refractivity contribution in [1.29, 1.82) is 0 Å². The van der Waals surface area contributed by atoms with Crippen molar-refractivity contribution in [2.24, 2.45) is 5.41 Å². The lowest BCUT2D eigenvalue weighted by Gasteiger charge is -2.41. The van der Waals surface area contributed by atoms with E-state index in [2.05, 4.69) is 4.98 Å². The van der Waals surface area contributed by atoms with Crippen LogP contribution in [-0.2, 0) is 14.3 Å². The maximum Gasteiger partial charge on any atom is 0.330 e. The minimum Gasteiger partial charge on any atom is -0.451 e. The maximum absolute atomic E-state index is 13.6. The Bertz CT molecular complexity index is 1170. The van der Waals surface area contributed by atoms with E-state index in [9.17, 15) is 14.7 Å². The lowest BCUT2D eigenvalue weighted by atomic mass is 9.81. The number of amides is 1. The van der Waals surface area contributed by atoms with Crippen molar-refractivity contribution in [1.82, 2.24) is 9.88 Å². The topological polar surface area (TPSA) is 79.7 Å². The Balaban J connectivity index is 1.44. The second-order valence-corrected chi connectivity index (χ2v) is 9.14. The number of aromatic nitrogens is 1. The van der Waals surface area contributed by atoms with Crippen molar-refractivity contribution in [3.8, 4) is 0 Å². The second-order valence-electron chi connectivity index (χ2n) is 9.14. The van der Waals surface area contributed by atoms with Gasteiger partial charge in [-0.3, -0.25) is 9.78 Å². The van der Waals surface area contributed by atoms with Crippen molar-refractivity contribution in [3.63, 3.8) is 0 Å². The molecule has 0 spiro atoms. The van der Waals surface area contributed by atoms with E-state index in [0.29, 0.717) is 17.7 Å². The first-order valence-electron chi connectivity index (χ1n) is 11.4. The summed E-state index contributed by atoms with van der Waals surface area (Å²) in [7, 11) is 0. The Morgan fingerprint density at radius 3 is 2.26 bits per heavy atom. The summed E-state index contributed by atoms with van der Waals surface area (Å²) in [6.45, 7) is 1.61. The summed E-state index contributed by atoms with van der Waals surface area (Å²) < 4.78 is 6.08. The van der Waals surface area contributed by atoms with Crippen LogP contribution in [-0.4, -0.2) is 45.6 Å². The van der Waals surface area contributed by atoms with Crippen LogP contribution in [0.15, 0.2) is 90.6 Å². The molecule has 0 bridgehead atoms. The molecule has 6 nitrogen and oxygen atoms in total. The van der Waals surface area contributed by atoms with Crippen LogP contribution in [0.2, 0.25) is 0 Å². The number of β-lactam (4-membered cyclic amide) rings is 1. The fourth-order valence-electron chi connectivity index (χ4n) is 5.00. The standard InChI is InChI=1S/C28H26N2O4/c1-28(18-31)17-23-22(16-21-14-8-9-15-29-21)26(32)30(23)25(28)27(33)34-24(19-10-4-2-5-11-19)20-12-6-3-7-13-20/h2-16,23-25,31H,17-18H2,1H3/b22-16+/t23?,25-,28-/m0/s1. The van der Waals surface area contributed by atoms with Gasteiger partial charge in [0.05, 0.1) is 18.3 Å². The van der Waals surface area contributed by atoms with E-state index in [1.54, 1.807) is 17.2 Å². The molecule has 2 aromatic carbocycles. The van der Waals surface area contributed by atoms with Gasteiger partial charge in [-0.2, -0.15) is 0 Å². The van der Waals surface area contributed by atoms with E-state index in [-0.39, 0.29) is 18.6 Å². The third-order valence-electron chi connectivity index (χ3n) is 6.79. The zero-order valence-electron chi connectivity index (χ0n) is 18.9. The van der Waals surface area contributed by atoms with Crippen LogP contribution in [0.3, 0.4) is 0 Å². The van der Waals surface area contributed by atoms with Crippen LogP contribution in [0, 0.1) is 5.41 Å². The quantitative estimate of drug-likeness (QED) is 0.348. The van der Waals surface area contributed by atoms with E-state index in [0.717, 1.165) is 11.1 Å². The Morgan fingerprint density at radius 1 is 1.09 bits per heavy atom. The molecule has 6 heteroatoms. The molecular weight excluding hydrogens is 428 g/mol. The molecule has 1 unspecified atom stereocenters. The fourth-order valence-corrected chi connectivity index (χ4v) is 5.00. The number of aliphatic hydroxyl groups is 1. The van der Waals surface area contributed by atoms with Crippen molar-refractivity contribution in [2.75, 3.05) is 6.61 Å². The van der Waals surface area contributed by atoms with Crippen LogP contribution >= 0.6 is 0 Å². The van der Waals surface area contributed by atoms with Gasteiger partial charge in [0.2, 0.25) is 0 Å². The maximum atomic E-state index is 13.6. The monoisotopic (exact) mass is 454 g/mol. The third-order valence-corrected chi connectivity index (χ3v) is 6.79. The highest BCUT2D eigenvalue weighted by molar-refractivity contribution is 6.08. The highest BCUT2D eigenvalue weighted by Crippen LogP contribution is 2.50. The van der Waals surface area contributed by atoms with Gasteiger partial charge in [0.25, 0.3) is 5.91 Å². The minimum atomic E-state index is -0.870. The second kappa shape index (κ2) is 8.88. The molecule has 3 atom stereocenters. The number of aliphatic hydroxyl groups excluding tert-OH is 1. The molecule has 1 amide bonds. The molecule has 1 aromatic heterocycles. The smallest absolute Gasteiger partial charge is 0.330 e. The zero-order chi connectivity index (χ0) is 23.7. The van der Waals surface area contributed by atoms with Gasteiger partial charge < -0.3 is 14.7 Å². The van der Waals surface area contributed by atoms with E-state index in [1.165, 1.54) is 0 Å². The van der Waals surface area contributed by atoms with Crippen molar-refractivity contribution >= 4 is 18.0 Å². The molecule has 34 heavy (non-hydrogen) atoms. The average molecular weight is 455 g/mol. The molecule has 172 valence electrons. The van der Waals surface area contributed by atoms with Gasteiger partial charge in [0.1, 0.15) is 6.04 Å². The number of pyridine rings is 1. The number of hydrogen-bond donors (Lipinski definition) is 1. The van der Waals surface area contributed by atoms with Crippen LogP contribution in [0.1, 0.15) is 36.3 Å². The molecule has 0 aliphatic carbocycles. The predicted molar refractivity (Wildman–Crippen MR) is 127 cm³/mol. The number of carbonyl (C=O) groups is 2. The van der Waals surface area contributed by atoms with Gasteiger partial charge in [-0.25, -0.2) is 4.79 Å². The lowest BCUT2D eigenvalue weighted by Crippen LogP contribution is -2.58. The number of nitrogens with zero attached hydrogens (tertiary/aromatic N) is 2. The van der Waals surface area contributed by atoms with Crippen molar-refractivity contribution < 1.29 is 19.4 Å². The Hall–Kier alpha value is -3.77. The van der Waals surface area contributed by atoms with E-state index >= 15 is 0 Å². The summed E-state index contributed by atoms with van der Waals surface area (Å²) in [5, 5.41) is 10.3. The normalized spacial score (nSPS) is 24.7. The highest BCUT2D eigenvalue weighted by Gasteiger charge is 2.62. The van der Waals surface area contributed by atoms with Gasteiger partial charge in [0, 0.05) is 17.2 Å². The SMILES string of the molecule is C[C@@]1(CO)CC2/C(=C\c3ccccn3)C(=O)N2[C@H]1C(=O)OC(c1ccccc1)c1ccccc1. The molecule has 3 heterocycles. The van der Waals surface area contributed by atoms with E-state index < -0.39 is 23.5 Å². The van der Waals surface area contributed by atoms with Gasteiger partial charge in [-0.15, -0.1) is 0 Å². The summed E-state index contributed by atoms with van der Waals surface area (Å²) in [6.07, 6.45) is 3.31. The number of ether oxygens (including phenoxy) is 1. The van der Waals surface area contributed by atoms with Crippen molar-refractivity contribution in [3.05, 3.63) is 107 Å². The summed E-state index contributed by atoms with van der Waals surface area (Å²) >= 11 is 0. The van der Waals surface area contributed by atoms with Crippen LogP contribution < -0.4 is 0 Å². The predicted octanol–water partition coefficient (Wildman–Crippen LogP) is 3.78. The lowest BCUT2D eigenvalue weighted by molar-refractivity contribution is -0.163. The van der Waals surface area contributed by atoms with Crippen LogP contribution in [0.5, 0.6) is 0 Å². The molecule has 2 aliphatic heterocycles. The number of fused-ring (bicyclic) bond motifs is 1.